The zero-order valence-electron chi connectivity index (χ0n) is 13.4. The third-order valence-corrected chi connectivity index (χ3v) is 4.45. The number of morpholine rings is 1. The topological polar surface area (TPSA) is 50.8 Å². The van der Waals surface area contributed by atoms with Crippen LogP contribution in [0, 0.1) is 0 Å². The van der Waals surface area contributed by atoms with E-state index in [1.807, 2.05) is 6.92 Å². The lowest BCUT2D eigenvalue weighted by Crippen LogP contribution is -2.48. The number of nitrogens with one attached hydrogen (secondary N) is 1. The Morgan fingerprint density at radius 1 is 1.43 bits per heavy atom. The minimum atomic E-state index is -0.584. The highest BCUT2D eigenvalue weighted by Crippen LogP contribution is 2.28. The minimum absolute atomic E-state index is 0.0558. The number of hydrogen-bond acceptors (Lipinski definition) is 4. The summed E-state index contributed by atoms with van der Waals surface area (Å²) in [6.07, 6.45) is -0.584. The number of nitrogens with zero attached hydrogens (tertiary/aromatic N) is 1. The normalized spacial score (nSPS) is 18.3. The summed E-state index contributed by atoms with van der Waals surface area (Å²) in [5.41, 5.74) is 0. The molecule has 1 fully saturated rings. The summed E-state index contributed by atoms with van der Waals surface area (Å²) in [4.78, 5) is 14.5. The van der Waals surface area contributed by atoms with Gasteiger partial charge in [-0.05, 0) is 48.0 Å². The van der Waals surface area contributed by atoms with Crippen LogP contribution < -0.4 is 10.1 Å². The van der Waals surface area contributed by atoms with Crippen LogP contribution in [0.1, 0.15) is 13.8 Å². The summed E-state index contributed by atoms with van der Waals surface area (Å²) >= 11 is 9.28. The van der Waals surface area contributed by atoms with Crippen molar-refractivity contribution < 1.29 is 14.3 Å². The van der Waals surface area contributed by atoms with Crippen molar-refractivity contribution in [3.8, 4) is 5.75 Å². The Labute approximate surface area is 150 Å². The second-order valence-electron chi connectivity index (χ2n) is 5.66. The molecule has 0 bridgehead atoms. The van der Waals surface area contributed by atoms with E-state index >= 15 is 0 Å². The summed E-state index contributed by atoms with van der Waals surface area (Å²) in [7, 11) is 0. The van der Waals surface area contributed by atoms with Gasteiger partial charge >= 0.3 is 0 Å². The van der Waals surface area contributed by atoms with Gasteiger partial charge in [-0.15, -0.1) is 0 Å². The highest BCUT2D eigenvalue weighted by atomic mass is 79.9. The molecule has 128 valence electrons. The van der Waals surface area contributed by atoms with Crippen molar-refractivity contribution in [2.75, 3.05) is 32.8 Å². The molecular weight excluding hydrogens is 384 g/mol. The molecular formula is C16H22BrClN2O3. The van der Waals surface area contributed by atoms with Crippen LogP contribution in [0.25, 0.3) is 0 Å². The van der Waals surface area contributed by atoms with Gasteiger partial charge in [0.1, 0.15) is 5.75 Å². The maximum atomic E-state index is 12.3. The smallest absolute Gasteiger partial charge is 0.261 e. The highest BCUT2D eigenvalue weighted by molar-refractivity contribution is 9.10. The maximum Gasteiger partial charge on any atom is 0.261 e. The molecule has 1 aliphatic rings. The highest BCUT2D eigenvalue weighted by Gasteiger charge is 2.20. The van der Waals surface area contributed by atoms with E-state index in [9.17, 15) is 4.79 Å². The number of carbonyl (C=O) groups excluding carboxylic acids is 1. The quantitative estimate of drug-likeness (QED) is 0.790. The number of benzene rings is 1. The molecule has 0 radical (unpaired) electrons. The van der Waals surface area contributed by atoms with Crippen LogP contribution in [-0.4, -0.2) is 55.8 Å². The first-order valence-corrected chi connectivity index (χ1v) is 8.85. The van der Waals surface area contributed by atoms with Crippen LogP contribution >= 0.6 is 27.5 Å². The van der Waals surface area contributed by atoms with Crippen molar-refractivity contribution in [1.29, 1.82) is 0 Å². The Kier molecular flexibility index (Phi) is 7.14. The second kappa shape index (κ2) is 8.87. The molecule has 0 saturated carbocycles. The molecule has 1 aliphatic heterocycles. The zero-order valence-corrected chi connectivity index (χ0v) is 15.7. The van der Waals surface area contributed by atoms with Gasteiger partial charge in [-0.25, -0.2) is 0 Å². The average molecular weight is 406 g/mol. The molecule has 0 aromatic heterocycles. The van der Waals surface area contributed by atoms with Gasteiger partial charge in [0.15, 0.2) is 6.10 Å². The van der Waals surface area contributed by atoms with E-state index in [0.717, 1.165) is 37.3 Å². The molecule has 7 heteroatoms. The van der Waals surface area contributed by atoms with Crippen LogP contribution in [0.2, 0.25) is 5.02 Å². The number of hydrogen-bond donors (Lipinski definition) is 1. The van der Waals surface area contributed by atoms with Crippen molar-refractivity contribution >= 4 is 33.4 Å². The number of carbonyl (C=O) groups is 1. The maximum absolute atomic E-state index is 12.3. The summed E-state index contributed by atoms with van der Waals surface area (Å²) in [6.45, 7) is 7.87. The molecule has 2 rings (SSSR count). The van der Waals surface area contributed by atoms with Crippen LogP contribution in [-0.2, 0) is 9.53 Å². The summed E-state index contributed by atoms with van der Waals surface area (Å²) < 4.78 is 11.8. The van der Waals surface area contributed by atoms with Crippen molar-refractivity contribution in [2.45, 2.75) is 26.0 Å². The lowest BCUT2D eigenvalue weighted by Gasteiger charge is -2.29. The lowest BCUT2D eigenvalue weighted by atomic mass is 10.2. The van der Waals surface area contributed by atoms with Crippen molar-refractivity contribution in [2.24, 2.45) is 0 Å². The van der Waals surface area contributed by atoms with E-state index in [1.54, 1.807) is 25.1 Å². The summed E-state index contributed by atoms with van der Waals surface area (Å²) in [5.74, 6) is 0.463. The third kappa shape index (κ3) is 5.95. The molecule has 0 aliphatic carbocycles. The van der Waals surface area contributed by atoms with Crippen LogP contribution in [0.15, 0.2) is 22.7 Å². The first-order valence-electron chi connectivity index (χ1n) is 7.68. The Morgan fingerprint density at radius 3 is 2.78 bits per heavy atom. The van der Waals surface area contributed by atoms with Crippen LogP contribution in [0.5, 0.6) is 5.75 Å². The number of amides is 1. The van der Waals surface area contributed by atoms with E-state index < -0.39 is 6.10 Å². The second-order valence-corrected chi connectivity index (χ2v) is 6.95. The van der Waals surface area contributed by atoms with E-state index in [-0.39, 0.29) is 11.9 Å². The van der Waals surface area contributed by atoms with E-state index in [2.05, 4.69) is 26.1 Å². The standard InChI is InChI=1S/C16H22BrClN2O3/c1-11(10-20-5-7-22-8-6-20)19-16(21)12(2)23-15-4-3-13(18)9-14(15)17/h3-4,9,11-12H,5-8,10H2,1-2H3,(H,19,21)/t11-,12-/m1/s1. The van der Waals surface area contributed by atoms with Gasteiger partial charge in [0, 0.05) is 30.7 Å². The monoisotopic (exact) mass is 404 g/mol. The Balaban J connectivity index is 1.81. The van der Waals surface area contributed by atoms with E-state index in [1.165, 1.54) is 0 Å². The molecule has 1 saturated heterocycles. The van der Waals surface area contributed by atoms with Crippen molar-refractivity contribution in [1.82, 2.24) is 10.2 Å². The first kappa shape index (κ1) is 18.5. The minimum Gasteiger partial charge on any atom is -0.480 e. The molecule has 1 N–H and O–H groups in total. The fraction of sp³-hybridized carbons (Fsp3) is 0.562. The van der Waals surface area contributed by atoms with Crippen LogP contribution in [0.4, 0.5) is 0 Å². The molecule has 1 aromatic rings. The fourth-order valence-electron chi connectivity index (χ4n) is 2.39. The largest absolute Gasteiger partial charge is 0.480 e. The first-order chi connectivity index (χ1) is 11.0. The molecule has 5 nitrogen and oxygen atoms in total. The SMILES string of the molecule is C[C@H](CN1CCOCC1)NC(=O)[C@@H](C)Oc1ccc(Cl)cc1Br. The van der Waals surface area contributed by atoms with Gasteiger partial charge in [0.25, 0.3) is 5.91 Å². The molecule has 23 heavy (non-hydrogen) atoms. The molecule has 0 spiro atoms. The zero-order chi connectivity index (χ0) is 16.8. The van der Waals surface area contributed by atoms with Gasteiger partial charge in [0.2, 0.25) is 0 Å². The van der Waals surface area contributed by atoms with E-state index in [4.69, 9.17) is 21.1 Å². The van der Waals surface area contributed by atoms with Crippen LogP contribution in [0.3, 0.4) is 0 Å². The Morgan fingerprint density at radius 2 is 2.13 bits per heavy atom. The molecule has 1 aromatic carbocycles. The van der Waals surface area contributed by atoms with Gasteiger partial charge in [-0.2, -0.15) is 0 Å². The predicted molar refractivity (Wildman–Crippen MR) is 94.1 cm³/mol. The number of ether oxygens (including phenoxy) is 2. The van der Waals surface area contributed by atoms with Crippen molar-refractivity contribution in [3.63, 3.8) is 0 Å². The van der Waals surface area contributed by atoms with Gasteiger partial charge < -0.3 is 14.8 Å². The molecule has 0 unspecified atom stereocenters. The van der Waals surface area contributed by atoms with E-state index in [0.29, 0.717) is 10.8 Å². The molecule has 1 heterocycles. The van der Waals surface area contributed by atoms with Gasteiger partial charge in [0.05, 0.1) is 17.7 Å². The summed E-state index contributed by atoms with van der Waals surface area (Å²) in [5, 5.41) is 3.60. The lowest BCUT2D eigenvalue weighted by molar-refractivity contribution is -0.128. The fourth-order valence-corrected chi connectivity index (χ4v) is 3.17. The average Bonchev–Trinajstić information content (AvgIpc) is 2.50. The third-order valence-electron chi connectivity index (χ3n) is 3.59. The molecule has 1 amide bonds. The predicted octanol–water partition coefficient (Wildman–Crippen LogP) is 2.71. The Bertz CT molecular complexity index is 538. The molecule has 2 atom stereocenters. The number of rotatable bonds is 6. The summed E-state index contributed by atoms with van der Waals surface area (Å²) in [6, 6.07) is 5.27. The Hall–Kier alpha value is -0.820. The van der Waals surface area contributed by atoms with Crippen molar-refractivity contribution in [3.05, 3.63) is 27.7 Å². The number of halogens is 2. The van der Waals surface area contributed by atoms with Gasteiger partial charge in [-0.3, -0.25) is 9.69 Å². The van der Waals surface area contributed by atoms with Gasteiger partial charge in [-0.1, -0.05) is 11.6 Å².